The number of carboxylic acid groups (broad SMARTS) is 1. The molecule has 0 bridgehead atoms. The fourth-order valence-corrected chi connectivity index (χ4v) is 2.75. The summed E-state index contributed by atoms with van der Waals surface area (Å²) in [5.74, 6) is -1.41. The molecule has 0 saturated heterocycles. The molecule has 1 atom stereocenters. The number of aromatic nitrogens is 2. The largest absolute Gasteiger partial charge is 0.480 e. The lowest BCUT2D eigenvalue weighted by Crippen LogP contribution is -2.42. The number of nitrogens with zero attached hydrogens (tertiary/aromatic N) is 1. The number of thiophene rings is 1. The van der Waals surface area contributed by atoms with Crippen LogP contribution >= 0.6 is 11.3 Å². The number of amides is 1. The van der Waals surface area contributed by atoms with Crippen LogP contribution in [0.2, 0.25) is 0 Å². The highest BCUT2D eigenvalue weighted by atomic mass is 32.1. The van der Waals surface area contributed by atoms with Crippen molar-refractivity contribution >= 4 is 23.2 Å². The van der Waals surface area contributed by atoms with Gasteiger partial charge in [0.05, 0.1) is 11.2 Å². The fourth-order valence-electron chi connectivity index (χ4n) is 1.85. The van der Waals surface area contributed by atoms with E-state index >= 15 is 0 Å². The molecule has 0 spiro atoms. The second-order valence-electron chi connectivity index (χ2n) is 4.27. The van der Waals surface area contributed by atoms with E-state index in [9.17, 15) is 14.7 Å². The van der Waals surface area contributed by atoms with Crippen LogP contribution in [0, 0.1) is 0 Å². The molecule has 2 aromatic rings. The minimum absolute atomic E-state index is 0.175. The molecule has 0 aliphatic rings. The monoisotopic (exact) mass is 293 g/mol. The predicted octanol–water partition coefficient (Wildman–Crippen LogP) is 1.46. The van der Waals surface area contributed by atoms with E-state index in [4.69, 9.17) is 0 Å². The Hall–Kier alpha value is -2.15. The molecule has 2 aromatic heterocycles. The van der Waals surface area contributed by atoms with Gasteiger partial charge in [0.15, 0.2) is 0 Å². The maximum absolute atomic E-state index is 12.1. The Labute approximate surface area is 119 Å². The van der Waals surface area contributed by atoms with Crippen LogP contribution in [0.4, 0.5) is 0 Å². The number of imidazole rings is 1. The number of hydrogen-bond donors (Lipinski definition) is 3. The van der Waals surface area contributed by atoms with Crippen molar-refractivity contribution in [3.63, 3.8) is 0 Å². The first-order valence-electron chi connectivity index (χ1n) is 6.19. The summed E-state index contributed by atoms with van der Waals surface area (Å²) in [6.45, 7) is 1.96. The fraction of sp³-hybridized carbons (Fsp3) is 0.308. The standard InChI is InChI=1S/C13H15N3O3S/c1-2-8-3-4-20-11(8)12(17)16-10(13(18)19)5-9-6-14-7-15-9/h3-4,6-7,10H,2,5H2,1H3,(H,14,15)(H,16,17)(H,18,19)/t10-/m0/s1. The normalized spacial score (nSPS) is 12.1. The van der Waals surface area contributed by atoms with Crippen LogP contribution in [-0.2, 0) is 17.6 Å². The lowest BCUT2D eigenvalue weighted by molar-refractivity contribution is -0.139. The third-order valence-corrected chi connectivity index (χ3v) is 3.87. The summed E-state index contributed by atoms with van der Waals surface area (Å²) in [7, 11) is 0. The first-order chi connectivity index (χ1) is 9.61. The molecule has 7 heteroatoms. The smallest absolute Gasteiger partial charge is 0.326 e. The quantitative estimate of drug-likeness (QED) is 0.751. The van der Waals surface area contributed by atoms with E-state index in [1.807, 2.05) is 18.4 Å². The second kappa shape index (κ2) is 6.33. The number of nitrogens with one attached hydrogen (secondary N) is 2. The third-order valence-electron chi connectivity index (χ3n) is 2.92. The average molecular weight is 293 g/mol. The minimum Gasteiger partial charge on any atom is -0.480 e. The van der Waals surface area contributed by atoms with E-state index in [0.29, 0.717) is 10.6 Å². The number of carbonyl (C=O) groups excluding carboxylic acids is 1. The number of carbonyl (C=O) groups is 2. The van der Waals surface area contributed by atoms with Crippen LogP contribution in [0.25, 0.3) is 0 Å². The summed E-state index contributed by atoms with van der Waals surface area (Å²) in [5, 5.41) is 13.6. The first kappa shape index (κ1) is 14.3. The molecule has 0 unspecified atom stereocenters. The van der Waals surface area contributed by atoms with Crippen molar-refractivity contribution in [3.05, 3.63) is 40.1 Å². The number of carboxylic acids is 1. The molecule has 106 valence electrons. The van der Waals surface area contributed by atoms with Crippen LogP contribution in [0.15, 0.2) is 24.0 Å². The van der Waals surface area contributed by atoms with Gasteiger partial charge < -0.3 is 15.4 Å². The SMILES string of the molecule is CCc1ccsc1C(=O)N[C@@H](Cc1cnc[nH]1)C(=O)O. The summed E-state index contributed by atoms with van der Waals surface area (Å²) in [6.07, 6.45) is 3.94. The molecule has 0 saturated carbocycles. The van der Waals surface area contributed by atoms with Crippen molar-refractivity contribution in [1.82, 2.24) is 15.3 Å². The molecule has 0 fully saturated rings. The first-order valence-corrected chi connectivity index (χ1v) is 7.07. The highest BCUT2D eigenvalue weighted by Gasteiger charge is 2.23. The van der Waals surface area contributed by atoms with E-state index in [1.54, 1.807) is 6.20 Å². The van der Waals surface area contributed by atoms with Crippen molar-refractivity contribution in [3.8, 4) is 0 Å². The Bertz CT molecular complexity index is 592. The van der Waals surface area contributed by atoms with Crippen LogP contribution in [0.3, 0.4) is 0 Å². The summed E-state index contributed by atoms with van der Waals surface area (Å²) in [5.41, 5.74) is 1.60. The number of aromatic amines is 1. The van der Waals surface area contributed by atoms with Gasteiger partial charge in [-0.05, 0) is 23.4 Å². The molecule has 2 heterocycles. The van der Waals surface area contributed by atoms with Crippen molar-refractivity contribution in [1.29, 1.82) is 0 Å². The van der Waals surface area contributed by atoms with Gasteiger partial charge in [-0.25, -0.2) is 9.78 Å². The molecule has 0 aliphatic carbocycles. The lowest BCUT2D eigenvalue weighted by Gasteiger charge is -2.13. The maximum Gasteiger partial charge on any atom is 0.326 e. The Kier molecular flexibility index (Phi) is 4.52. The van der Waals surface area contributed by atoms with Gasteiger partial charge in [-0.15, -0.1) is 11.3 Å². The van der Waals surface area contributed by atoms with Crippen LogP contribution in [0.1, 0.15) is 27.9 Å². The zero-order valence-electron chi connectivity index (χ0n) is 10.9. The van der Waals surface area contributed by atoms with Crippen LogP contribution in [0.5, 0.6) is 0 Å². The summed E-state index contributed by atoms with van der Waals surface area (Å²) >= 11 is 1.32. The van der Waals surface area contributed by atoms with Gasteiger partial charge in [0.2, 0.25) is 0 Å². The number of rotatable bonds is 6. The summed E-state index contributed by atoms with van der Waals surface area (Å²) in [6, 6.07) is 0.902. The minimum atomic E-state index is -1.07. The van der Waals surface area contributed by atoms with Crippen molar-refractivity contribution < 1.29 is 14.7 Å². The highest BCUT2D eigenvalue weighted by Crippen LogP contribution is 2.17. The molecule has 0 aromatic carbocycles. The average Bonchev–Trinajstić information content (AvgIpc) is 3.08. The van der Waals surface area contributed by atoms with Crippen molar-refractivity contribution in [2.45, 2.75) is 25.8 Å². The molecular formula is C13H15N3O3S. The van der Waals surface area contributed by atoms with E-state index < -0.39 is 12.0 Å². The molecule has 0 aliphatic heterocycles. The Morgan fingerprint density at radius 3 is 2.95 bits per heavy atom. The van der Waals surface area contributed by atoms with E-state index in [-0.39, 0.29) is 12.3 Å². The highest BCUT2D eigenvalue weighted by molar-refractivity contribution is 7.12. The van der Waals surface area contributed by atoms with Crippen LogP contribution < -0.4 is 5.32 Å². The van der Waals surface area contributed by atoms with Gasteiger partial charge in [-0.2, -0.15) is 0 Å². The zero-order valence-corrected chi connectivity index (χ0v) is 11.7. The molecule has 20 heavy (non-hydrogen) atoms. The van der Waals surface area contributed by atoms with E-state index in [0.717, 1.165) is 12.0 Å². The topological polar surface area (TPSA) is 95.1 Å². The number of hydrogen-bond acceptors (Lipinski definition) is 4. The summed E-state index contributed by atoms with van der Waals surface area (Å²) in [4.78, 5) is 30.6. The molecule has 3 N–H and O–H groups in total. The van der Waals surface area contributed by atoms with E-state index in [1.165, 1.54) is 17.7 Å². The van der Waals surface area contributed by atoms with E-state index in [2.05, 4.69) is 15.3 Å². The number of aliphatic carboxylic acids is 1. The second-order valence-corrected chi connectivity index (χ2v) is 5.19. The molecular weight excluding hydrogens is 278 g/mol. The number of H-pyrrole nitrogens is 1. The zero-order chi connectivity index (χ0) is 14.5. The van der Waals surface area contributed by atoms with Gasteiger partial charge in [0, 0.05) is 18.3 Å². The summed E-state index contributed by atoms with van der Waals surface area (Å²) < 4.78 is 0. The molecule has 2 rings (SSSR count). The van der Waals surface area contributed by atoms with Gasteiger partial charge in [0.25, 0.3) is 5.91 Å². The molecule has 1 amide bonds. The lowest BCUT2D eigenvalue weighted by atomic mass is 10.1. The Morgan fingerprint density at radius 1 is 1.55 bits per heavy atom. The molecule has 6 nitrogen and oxygen atoms in total. The van der Waals surface area contributed by atoms with Crippen LogP contribution in [-0.4, -0.2) is 33.0 Å². The van der Waals surface area contributed by atoms with Gasteiger partial charge >= 0.3 is 5.97 Å². The molecule has 0 radical (unpaired) electrons. The predicted molar refractivity (Wildman–Crippen MR) is 74.9 cm³/mol. The Balaban J connectivity index is 2.08. The van der Waals surface area contributed by atoms with Gasteiger partial charge in [-0.1, -0.05) is 6.92 Å². The van der Waals surface area contributed by atoms with Crippen molar-refractivity contribution in [2.75, 3.05) is 0 Å². The Morgan fingerprint density at radius 2 is 2.35 bits per heavy atom. The third kappa shape index (κ3) is 3.24. The van der Waals surface area contributed by atoms with Gasteiger partial charge in [-0.3, -0.25) is 4.79 Å². The maximum atomic E-state index is 12.1. The van der Waals surface area contributed by atoms with Gasteiger partial charge in [0.1, 0.15) is 6.04 Å². The number of aryl methyl sites for hydroxylation is 1. The van der Waals surface area contributed by atoms with Crippen molar-refractivity contribution in [2.24, 2.45) is 0 Å².